The largest absolute Gasteiger partial charge is 0.461 e. The number of aryl methyl sites for hydroxylation is 1. The maximum atomic E-state index is 13.0. The number of ether oxygens (including phenoxy) is 1. The number of rotatable bonds is 10. The van der Waals surface area contributed by atoms with Gasteiger partial charge in [0.25, 0.3) is 5.91 Å². The highest BCUT2D eigenvalue weighted by molar-refractivity contribution is 7.91. The highest BCUT2D eigenvalue weighted by Crippen LogP contribution is 2.28. The van der Waals surface area contributed by atoms with E-state index in [2.05, 4.69) is 6.92 Å². The minimum atomic E-state index is -3.43. The third kappa shape index (κ3) is 5.35. The summed E-state index contributed by atoms with van der Waals surface area (Å²) in [5.41, 5.74) is 2.30. The molecule has 0 saturated carbocycles. The summed E-state index contributed by atoms with van der Waals surface area (Å²) in [5.74, 6) is 0.653. The molecule has 31 heavy (non-hydrogen) atoms. The molecular weight excluding hydrogens is 414 g/mol. The van der Waals surface area contributed by atoms with Gasteiger partial charge in [0, 0.05) is 43.6 Å². The predicted molar refractivity (Wildman–Crippen MR) is 121 cm³/mol. The molecule has 0 unspecified atom stereocenters. The summed E-state index contributed by atoms with van der Waals surface area (Å²) >= 11 is 0. The van der Waals surface area contributed by atoms with Crippen molar-refractivity contribution >= 4 is 26.7 Å². The molecule has 0 aliphatic carbocycles. The first-order chi connectivity index (χ1) is 14.9. The summed E-state index contributed by atoms with van der Waals surface area (Å²) in [6.07, 6.45) is 2.91. The standard InChI is InChI=1S/C24H29NO5S/c1-4-5-9-23-21(20-8-6-7-10-22(20)30-23)17-25(2)24(26)18-11-13-19(14-12-18)31(27,28)16-15-29-3/h6-8,10-14H,4-5,9,15-17H2,1-3H3. The number of methoxy groups -OCH3 is 1. The van der Waals surface area contributed by atoms with E-state index in [0.29, 0.717) is 12.1 Å². The lowest BCUT2D eigenvalue weighted by atomic mass is 10.1. The first kappa shape index (κ1) is 23.0. The minimum absolute atomic E-state index is 0.0925. The molecule has 1 amide bonds. The van der Waals surface area contributed by atoms with Crippen molar-refractivity contribution in [2.75, 3.05) is 26.5 Å². The first-order valence-electron chi connectivity index (χ1n) is 10.4. The lowest BCUT2D eigenvalue weighted by Crippen LogP contribution is -2.26. The summed E-state index contributed by atoms with van der Waals surface area (Å²) in [7, 11) is -0.218. The number of sulfone groups is 1. The molecule has 1 aromatic heterocycles. The van der Waals surface area contributed by atoms with Crippen LogP contribution in [0.25, 0.3) is 11.0 Å². The maximum Gasteiger partial charge on any atom is 0.253 e. The van der Waals surface area contributed by atoms with Crippen LogP contribution >= 0.6 is 0 Å². The van der Waals surface area contributed by atoms with E-state index in [4.69, 9.17) is 9.15 Å². The van der Waals surface area contributed by atoms with Gasteiger partial charge in [-0.3, -0.25) is 4.79 Å². The van der Waals surface area contributed by atoms with Gasteiger partial charge in [-0.15, -0.1) is 0 Å². The van der Waals surface area contributed by atoms with Crippen molar-refractivity contribution in [2.45, 2.75) is 37.6 Å². The molecule has 1 heterocycles. The van der Waals surface area contributed by atoms with Crippen LogP contribution in [0, 0.1) is 0 Å². The number of carbonyl (C=O) groups excluding carboxylic acids is 1. The van der Waals surface area contributed by atoms with Crippen LogP contribution < -0.4 is 0 Å². The average molecular weight is 444 g/mol. The second kappa shape index (κ2) is 10.1. The smallest absolute Gasteiger partial charge is 0.253 e. The van der Waals surface area contributed by atoms with Crippen LogP contribution in [0.1, 0.15) is 41.4 Å². The van der Waals surface area contributed by atoms with Gasteiger partial charge >= 0.3 is 0 Å². The number of nitrogens with zero attached hydrogens (tertiary/aromatic N) is 1. The number of unbranched alkanes of at least 4 members (excludes halogenated alkanes) is 1. The second-order valence-electron chi connectivity index (χ2n) is 7.60. The Morgan fingerprint density at radius 1 is 1.10 bits per heavy atom. The molecule has 2 aromatic carbocycles. The normalized spacial score (nSPS) is 11.7. The Hall–Kier alpha value is -2.64. The van der Waals surface area contributed by atoms with E-state index >= 15 is 0 Å². The fourth-order valence-corrected chi connectivity index (χ4v) is 4.68. The summed E-state index contributed by atoms with van der Waals surface area (Å²) in [5, 5.41) is 1.02. The molecular formula is C24H29NO5S. The molecule has 0 saturated heterocycles. The highest BCUT2D eigenvalue weighted by atomic mass is 32.2. The van der Waals surface area contributed by atoms with Crippen molar-refractivity contribution in [1.29, 1.82) is 0 Å². The second-order valence-corrected chi connectivity index (χ2v) is 9.71. The quantitative estimate of drug-likeness (QED) is 0.462. The van der Waals surface area contributed by atoms with Gasteiger partial charge in [-0.25, -0.2) is 8.42 Å². The average Bonchev–Trinajstić information content (AvgIpc) is 3.13. The molecule has 0 spiro atoms. The zero-order chi connectivity index (χ0) is 22.4. The van der Waals surface area contributed by atoms with Crippen molar-refractivity contribution in [3.05, 3.63) is 65.4 Å². The van der Waals surface area contributed by atoms with Gasteiger partial charge in [0.2, 0.25) is 0 Å². The monoisotopic (exact) mass is 443 g/mol. The van der Waals surface area contributed by atoms with Crippen LogP contribution in [-0.4, -0.2) is 45.7 Å². The lowest BCUT2D eigenvalue weighted by Gasteiger charge is -2.18. The highest BCUT2D eigenvalue weighted by Gasteiger charge is 2.20. The molecule has 3 aromatic rings. The van der Waals surface area contributed by atoms with Gasteiger partial charge in [0.05, 0.1) is 17.3 Å². The minimum Gasteiger partial charge on any atom is -0.461 e. The number of carbonyl (C=O) groups is 1. The van der Waals surface area contributed by atoms with E-state index in [0.717, 1.165) is 41.6 Å². The van der Waals surface area contributed by atoms with Crippen molar-refractivity contribution in [1.82, 2.24) is 4.90 Å². The van der Waals surface area contributed by atoms with Gasteiger partial charge in [-0.1, -0.05) is 31.5 Å². The third-order valence-electron chi connectivity index (χ3n) is 5.30. The lowest BCUT2D eigenvalue weighted by molar-refractivity contribution is 0.0785. The Morgan fingerprint density at radius 3 is 2.48 bits per heavy atom. The van der Waals surface area contributed by atoms with E-state index in [1.165, 1.54) is 19.2 Å². The molecule has 166 valence electrons. The van der Waals surface area contributed by atoms with Crippen molar-refractivity contribution in [3.8, 4) is 0 Å². The molecule has 7 heteroatoms. The Labute approximate surface area is 183 Å². The Bertz CT molecular complexity index is 1130. The number of amides is 1. The molecule has 6 nitrogen and oxygen atoms in total. The molecule has 0 fully saturated rings. The zero-order valence-corrected chi connectivity index (χ0v) is 19.1. The number of fused-ring (bicyclic) bond motifs is 1. The SMILES string of the molecule is CCCCc1oc2ccccc2c1CN(C)C(=O)c1ccc(S(=O)(=O)CCOC)cc1. The third-order valence-corrected chi connectivity index (χ3v) is 6.99. The summed E-state index contributed by atoms with van der Waals surface area (Å²) < 4.78 is 35.5. The fourth-order valence-electron chi connectivity index (χ4n) is 3.51. The Balaban J connectivity index is 1.79. The number of benzene rings is 2. The van der Waals surface area contributed by atoms with Crippen LogP contribution in [0.15, 0.2) is 57.8 Å². The first-order valence-corrected chi connectivity index (χ1v) is 12.1. The van der Waals surface area contributed by atoms with Gasteiger partial charge in [0.15, 0.2) is 9.84 Å². The van der Waals surface area contributed by atoms with Gasteiger partial charge in [0.1, 0.15) is 11.3 Å². The van der Waals surface area contributed by atoms with Crippen molar-refractivity contribution in [2.24, 2.45) is 0 Å². The van der Waals surface area contributed by atoms with Crippen molar-refractivity contribution in [3.63, 3.8) is 0 Å². The fraction of sp³-hybridized carbons (Fsp3) is 0.375. The van der Waals surface area contributed by atoms with E-state index in [9.17, 15) is 13.2 Å². The summed E-state index contributed by atoms with van der Waals surface area (Å²) in [4.78, 5) is 14.8. The van der Waals surface area contributed by atoms with Gasteiger partial charge < -0.3 is 14.1 Å². The topological polar surface area (TPSA) is 76.8 Å². The van der Waals surface area contributed by atoms with E-state index < -0.39 is 9.84 Å². The van der Waals surface area contributed by atoms with Gasteiger partial charge in [-0.05, 0) is 36.8 Å². The predicted octanol–water partition coefficient (Wildman–Crippen LogP) is 4.47. The van der Waals surface area contributed by atoms with Crippen LogP contribution in [-0.2, 0) is 27.5 Å². The molecule has 0 aliphatic rings. The molecule has 0 bridgehead atoms. The number of furan rings is 1. The van der Waals surface area contributed by atoms with Crippen LogP contribution in [0.2, 0.25) is 0 Å². The van der Waals surface area contributed by atoms with Crippen LogP contribution in [0.4, 0.5) is 0 Å². The summed E-state index contributed by atoms with van der Waals surface area (Å²) in [6, 6.07) is 13.9. The molecule has 0 atom stereocenters. The Kier molecular flexibility index (Phi) is 7.51. The Morgan fingerprint density at radius 2 is 1.81 bits per heavy atom. The number of para-hydroxylation sites is 1. The summed E-state index contributed by atoms with van der Waals surface area (Å²) in [6.45, 7) is 2.69. The molecule has 0 aliphatic heterocycles. The molecule has 0 radical (unpaired) electrons. The molecule has 0 N–H and O–H groups in total. The molecule has 3 rings (SSSR count). The van der Waals surface area contributed by atoms with E-state index in [1.54, 1.807) is 24.1 Å². The number of hydrogen-bond donors (Lipinski definition) is 0. The van der Waals surface area contributed by atoms with Gasteiger partial charge in [-0.2, -0.15) is 0 Å². The maximum absolute atomic E-state index is 13.0. The van der Waals surface area contributed by atoms with E-state index in [-0.39, 0.29) is 23.2 Å². The van der Waals surface area contributed by atoms with E-state index in [1.807, 2.05) is 24.3 Å². The van der Waals surface area contributed by atoms with Crippen LogP contribution in [0.5, 0.6) is 0 Å². The zero-order valence-electron chi connectivity index (χ0n) is 18.3. The van der Waals surface area contributed by atoms with Crippen LogP contribution in [0.3, 0.4) is 0 Å². The number of hydrogen-bond acceptors (Lipinski definition) is 5. The van der Waals surface area contributed by atoms with Crippen molar-refractivity contribution < 1.29 is 22.4 Å².